The summed E-state index contributed by atoms with van der Waals surface area (Å²) in [5.74, 6) is 0.0824. The van der Waals surface area contributed by atoms with Crippen LogP contribution in [-0.2, 0) is 24.1 Å². The Morgan fingerprint density at radius 1 is 1.28 bits per heavy atom. The van der Waals surface area contributed by atoms with Gasteiger partial charge in [-0.3, -0.25) is 14.7 Å². The van der Waals surface area contributed by atoms with Crippen LogP contribution in [0.15, 0.2) is 24.5 Å². The highest BCUT2D eigenvalue weighted by Crippen LogP contribution is 2.28. The van der Waals surface area contributed by atoms with Gasteiger partial charge in [-0.15, -0.1) is 11.3 Å². The molecule has 2 aliphatic rings. The average molecular weight is 356 g/mol. The van der Waals surface area contributed by atoms with Crippen molar-refractivity contribution < 1.29 is 4.79 Å². The molecule has 0 bridgehead atoms. The van der Waals surface area contributed by atoms with Gasteiger partial charge in [0.05, 0.1) is 10.7 Å². The molecule has 5 nitrogen and oxygen atoms in total. The zero-order chi connectivity index (χ0) is 17.1. The number of carbonyl (C=O) groups is 1. The summed E-state index contributed by atoms with van der Waals surface area (Å²) in [6.45, 7) is 2.61. The molecule has 2 aromatic rings. The molecule has 4 rings (SSSR count). The first kappa shape index (κ1) is 16.7. The van der Waals surface area contributed by atoms with Crippen LogP contribution in [0.25, 0.3) is 0 Å². The number of likely N-dealkylation sites (tertiary alicyclic amines) is 1. The summed E-state index contributed by atoms with van der Waals surface area (Å²) in [6.07, 6.45) is 10.3. The van der Waals surface area contributed by atoms with Crippen LogP contribution in [0.2, 0.25) is 0 Å². The first-order valence-electron chi connectivity index (χ1n) is 9.20. The van der Waals surface area contributed by atoms with E-state index in [0.717, 1.165) is 49.3 Å². The van der Waals surface area contributed by atoms with Gasteiger partial charge in [-0.2, -0.15) is 0 Å². The topological polar surface area (TPSA) is 58.1 Å². The molecule has 1 atom stereocenters. The Morgan fingerprint density at radius 2 is 2.16 bits per heavy atom. The maximum absolute atomic E-state index is 12.9. The van der Waals surface area contributed by atoms with Crippen molar-refractivity contribution in [2.45, 2.75) is 44.6 Å². The van der Waals surface area contributed by atoms with Crippen molar-refractivity contribution in [2.24, 2.45) is 0 Å². The maximum atomic E-state index is 12.9. The summed E-state index contributed by atoms with van der Waals surface area (Å²) < 4.78 is 0. The third-order valence-corrected chi connectivity index (χ3v) is 6.25. The SMILES string of the molecule is O=C(NCCc1nc2c(s1)CCC2)C(c1cccnc1)N1CCCC1. The lowest BCUT2D eigenvalue weighted by molar-refractivity contribution is -0.126. The molecule has 1 N–H and O–H groups in total. The molecule has 1 aliphatic carbocycles. The summed E-state index contributed by atoms with van der Waals surface area (Å²) >= 11 is 1.82. The van der Waals surface area contributed by atoms with Crippen molar-refractivity contribution in [3.63, 3.8) is 0 Å². The van der Waals surface area contributed by atoms with Crippen LogP contribution < -0.4 is 5.32 Å². The molecule has 1 unspecified atom stereocenters. The highest BCUT2D eigenvalue weighted by molar-refractivity contribution is 7.11. The van der Waals surface area contributed by atoms with Crippen LogP contribution in [0.5, 0.6) is 0 Å². The zero-order valence-electron chi connectivity index (χ0n) is 14.4. The number of fused-ring (bicyclic) bond motifs is 1. The summed E-state index contributed by atoms with van der Waals surface area (Å²) in [5, 5.41) is 4.29. The largest absolute Gasteiger partial charge is 0.354 e. The van der Waals surface area contributed by atoms with E-state index >= 15 is 0 Å². The molecule has 1 aliphatic heterocycles. The number of carbonyl (C=O) groups excluding carboxylic acids is 1. The Bertz CT molecular complexity index is 703. The third kappa shape index (κ3) is 3.75. The second kappa shape index (κ2) is 7.62. The number of hydrogen-bond acceptors (Lipinski definition) is 5. The quantitative estimate of drug-likeness (QED) is 0.864. The number of pyridine rings is 1. The van der Waals surface area contributed by atoms with E-state index in [1.807, 2.05) is 29.7 Å². The van der Waals surface area contributed by atoms with Gasteiger partial charge in [0.25, 0.3) is 0 Å². The van der Waals surface area contributed by atoms with E-state index in [-0.39, 0.29) is 11.9 Å². The van der Waals surface area contributed by atoms with E-state index in [0.29, 0.717) is 6.54 Å². The number of rotatable bonds is 6. The minimum atomic E-state index is -0.225. The van der Waals surface area contributed by atoms with E-state index in [1.54, 1.807) is 6.20 Å². The van der Waals surface area contributed by atoms with Crippen LogP contribution in [0.1, 0.15) is 46.4 Å². The molecule has 25 heavy (non-hydrogen) atoms. The van der Waals surface area contributed by atoms with Crippen LogP contribution >= 0.6 is 11.3 Å². The summed E-state index contributed by atoms with van der Waals surface area (Å²) in [5.41, 5.74) is 2.27. The Hall–Kier alpha value is -1.79. The molecule has 6 heteroatoms. The number of nitrogens with zero attached hydrogens (tertiary/aromatic N) is 3. The molecule has 132 valence electrons. The lowest BCUT2D eigenvalue weighted by Crippen LogP contribution is -2.40. The molecule has 0 aromatic carbocycles. The fraction of sp³-hybridized carbons (Fsp3) is 0.526. The second-order valence-electron chi connectivity index (χ2n) is 6.80. The van der Waals surface area contributed by atoms with Crippen LogP contribution in [0.4, 0.5) is 0 Å². The minimum Gasteiger partial charge on any atom is -0.354 e. The number of aromatic nitrogens is 2. The van der Waals surface area contributed by atoms with E-state index < -0.39 is 0 Å². The van der Waals surface area contributed by atoms with Crippen molar-refractivity contribution >= 4 is 17.2 Å². The smallest absolute Gasteiger partial charge is 0.242 e. The van der Waals surface area contributed by atoms with Gasteiger partial charge < -0.3 is 5.32 Å². The predicted octanol–water partition coefficient (Wildman–Crippen LogP) is 2.52. The number of hydrogen-bond donors (Lipinski definition) is 1. The van der Waals surface area contributed by atoms with Gasteiger partial charge >= 0.3 is 0 Å². The number of amides is 1. The average Bonchev–Trinajstić information content (AvgIpc) is 3.33. The Labute approximate surface area is 152 Å². The summed E-state index contributed by atoms with van der Waals surface area (Å²) in [6, 6.07) is 3.68. The van der Waals surface area contributed by atoms with Gasteiger partial charge in [0.1, 0.15) is 6.04 Å². The fourth-order valence-electron chi connectivity index (χ4n) is 3.81. The van der Waals surface area contributed by atoms with Gasteiger partial charge in [0.2, 0.25) is 5.91 Å². The summed E-state index contributed by atoms with van der Waals surface area (Å²) in [4.78, 5) is 25.5. The molecule has 1 amide bonds. The lowest BCUT2D eigenvalue weighted by Gasteiger charge is -2.26. The molecular formula is C19H24N4OS. The van der Waals surface area contributed by atoms with Crippen molar-refractivity contribution in [2.75, 3.05) is 19.6 Å². The standard InChI is InChI=1S/C19H24N4OS/c24-19(21-10-8-17-22-15-6-3-7-16(15)25-17)18(23-11-1-2-12-23)14-5-4-9-20-13-14/h4-5,9,13,18H,1-3,6-8,10-12H2,(H,21,24). The van der Waals surface area contributed by atoms with Crippen LogP contribution in [-0.4, -0.2) is 40.4 Å². The van der Waals surface area contributed by atoms with Crippen LogP contribution in [0, 0.1) is 0 Å². The minimum absolute atomic E-state index is 0.0824. The molecule has 0 radical (unpaired) electrons. The van der Waals surface area contributed by atoms with Gasteiger partial charge in [0.15, 0.2) is 0 Å². The second-order valence-corrected chi connectivity index (χ2v) is 7.97. The first-order valence-corrected chi connectivity index (χ1v) is 10.0. The predicted molar refractivity (Wildman–Crippen MR) is 98.6 cm³/mol. The third-order valence-electron chi connectivity index (χ3n) is 5.03. The van der Waals surface area contributed by atoms with Crippen molar-refractivity contribution in [1.82, 2.24) is 20.2 Å². The highest BCUT2D eigenvalue weighted by atomic mass is 32.1. The van der Waals surface area contributed by atoms with E-state index in [4.69, 9.17) is 4.98 Å². The maximum Gasteiger partial charge on any atom is 0.242 e. The molecule has 0 spiro atoms. The Kier molecular flexibility index (Phi) is 5.08. The Morgan fingerprint density at radius 3 is 2.92 bits per heavy atom. The molecule has 2 aromatic heterocycles. The van der Waals surface area contributed by atoms with Crippen molar-refractivity contribution in [1.29, 1.82) is 0 Å². The monoisotopic (exact) mass is 356 g/mol. The molecule has 1 fully saturated rings. The van der Waals surface area contributed by atoms with Gasteiger partial charge in [0, 0.05) is 30.2 Å². The lowest BCUT2D eigenvalue weighted by atomic mass is 10.1. The van der Waals surface area contributed by atoms with Gasteiger partial charge in [-0.1, -0.05) is 6.07 Å². The van der Waals surface area contributed by atoms with Crippen molar-refractivity contribution in [3.05, 3.63) is 45.7 Å². The Balaban J connectivity index is 1.38. The van der Waals surface area contributed by atoms with E-state index in [1.165, 1.54) is 23.4 Å². The zero-order valence-corrected chi connectivity index (χ0v) is 15.2. The van der Waals surface area contributed by atoms with Crippen LogP contribution in [0.3, 0.4) is 0 Å². The molecular weight excluding hydrogens is 332 g/mol. The first-order chi connectivity index (χ1) is 12.3. The molecule has 3 heterocycles. The number of thiazole rings is 1. The van der Waals surface area contributed by atoms with Gasteiger partial charge in [-0.05, 0) is 56.8 Å². The van der Waals surface area contributed by atoms with E-state index in [2.05, 4.69) is 15.2 Å². The molecule has 1 saturated heterocycles. The van der Waals surface area contributed by atoms with Crippen molar-refractivity contribution in [3.8, 4) is 0 Å². The highest BCUT2D eigenvalue weighted by Gasteiger charge is 2.29. The van der Waals surface area contributed by atoms with E-state index in [9.17, 15) is 4.79 Å². The fourth-order valence-corrected chi connectivity index (χ4v) is 4.96. The molecule has 0 saturated carbocycles. The summed E-state index contributed by atoms with van der Waals surface area (Å²) in [7, 11) is 0. The number of aryl methyl sites for hydroxylation is 2. The number of nitrogens with one attached hydrogen (secondary N) is 1. The normalized spacial score (nSPS) is 18.2. The van der Waals surface area contributed by atoms with Gasteiger partial charge in [-0.25, -0.2) is 4.98 Å².